The number of amides is 4. The highest BCUT2D eigenvalue weighted by Crippen LogP contribution is 2.18. The number of ketones is 1. The zero-order valence-corrected chi connectivity index (χ0v) is 26.4. The molecule has 0 aromatic heterocycles. The maximum Gasteiger partial charge on any atom is 0.246 e. The standard InChI is InChI=1S/C31H50N4O6/c1-19(2)16-26(28(38)32-18-25(23(7)37)30(40)33(8)21(5)22(6)36)34(9)31(41)27(35(10)29(39)20(3)4)17-24-14-12-11-13-15-24/h11-15,19-21,23,25-27,37H,16-18H2,1-10H3,(H,32,38)/t21-,23+,25-,26-,27-/m0/s1. The summed E-state index contributed by atoms with van der Waals surface area (Å²) in [5, 5.41) is 13.1. The third-order valence-corrected chi connectivity index (χ3v) is 7.59. The Kier molecular flexibility index (Phi) is 14.2. The number of aliphatic hydroxyl groups is 1. The summed E-state index contributed by atoms with van der Waals surface area (Å²) in [6.07, 6.45) is -0.449. The summed E-state index contributed by atoms with van der Waals surface area (Å²) in [4.78, 5) is 69.4. The molecular formula is C31H50N4O6. The molecule has 0 heterocycles. The third kappa shape index (κ3) is 10.3. The number of Topliss-reactive ketones (excluding diaryl/α,β-unsaturated/α-hetero) is 1. The number of carbonyl (C=O) groups excluding carboxylic acids is 5. The molecule has 1 aromatic carbocycles. The first kappa shape index (κ1) is 35.8. The summed E-state index contributed by atoms with van der Waals surface area (Å²) in [6.45, 7) is 11.7. The molecule has 0 spiro atoms. The van der Waals surface area contributed by atoms with Crippen molar-refractivity contribution in [3.8, 4) is 0 Å². The van der Waals surface area contributed by atoms with Gasteiger partial charge in [0.1, 0.15) is 12.1 Å². The number of nitrogens with one attached hydrogen (secondary N) is 1. The van der Waals surface area contributed by atoms with Crippen molar-refractivity contribution in [2.75, 3.05) is 27.7 Å². The number of benzene rings is 1. The van der Waals surface area contributed by atoms with Gasteiger partial charge in [0.15, 0.2) is 5.78 Å². The van der Waals surface area contributed by atoms with E-state index in [0.29, 0.717) is 6.42 Å². The van der Waals surface area contributed by atoms with Gasteiger partial charge in [0.2, 0.25) is 23.6 Å². The van der Waals surface area contributed by atoms with Crippen molar-refractivity contribution in [3.05, 3.63) is 35.9 Å². The summed E-state index contributed by atoms with van der Waals surface area (Å²) >= 11 is 0. The molecule has 5 atom stereocenters. The second-order valence-electron chi connectivity index (χ2n) is 11.7. The Bertz CT molecular complexity index is 1040. The molecule has 4 amide bonds. The molecule has 230 valence electrons. The van der Waals surface area contributed by atoms with Gasteiger partial charge in [-0.25, -0.2) is 0 Å². The van der Waals surface area contributed by atoms with Crippen molar-refractivity contribution in [1.82, 2.24) is 20.0 Å². The molecule has 1 aromatic rings. The fourth-order valence-corrected chi connectivity index (χ4v) is 4.58. The van der Waals surface area contributed by atoms with E-state index in [2.05, 4.69) is 5.32 Å². The van der Waals surface area contributed by atoms with Crippen molar-refractivity contribution in [2.24, 2.45) is 17.8 Å². The predicted octanol–water partition coefficient (Wildman–Crippen LogP) is 2.13. The number of nitrogens with zero attached hydrogens (tertiary/aromatic N) is 3. The van der Waals surface area contributed by atoms with Gasteiger partial charge in [-0.2, -0.15) is 0 Å². The number of rotatable bonds is 15. The van der Waals surface area contributed by atoms with Crippen LogP contribution in [-0.4, -0.2) is 101 Å². The first-order valence-electron chi connectivity index (χ1n) is 14.3. The molecule has 0 unspecified atom stereocenters. The Morgan fingerprint density at radius 2 is 1.32 bits per heavy atom. The van der Waals surface area contributed by atoms with Crippen LogP contribution < -0.4 is 5.32 Å². The zero-order chi connectivity index (χ0) is 31.6. The van der Waals surface area contributed by atoms with Crippen molar-refractivity contribution in [3.63, 3.8) is 0 Å². The van der Waals surface area contributed by atoms with Gasteiger partial charge in [-0.05, 0) is 38.7 Å². The second kappa shape index (κ2) is 16.2. The third-order valence-electron chi connectivity index (χ3n) is 7.59. The lowest BCUT2D eigenvalue weighted by Gasteiger charge is -2.36. The summed E-state index contributed by atoms with van der Waals surface area (Å²) in [7, 11) is 4.65. The van der Waals surface area contributed by atoms with Crippen molar-refractivity contribution >= 4 is 29.4 Å². The van der Waals surface area contributed by atoms with Gasteiger partial charge in [-0.3, -0.25) is 24.0 Å². The lowest BCUT2D eigenvalue weighted by Crippen LogP contribution is -2.57. The van der Waals surface area contributed by atoms with Crippen LogP contribution in [0.15, 0.2) is 30.3 Å². The highest BCUT2D eigenvalue weighted by atomic mass is 16.3. The maximum absolute atomic E-state index is 13.9. The smallest absolute Gasteiger partial charge is 0.246 e. The minimum atomic E-state index is -1.08. The van der Waals surface area contributed by atoms with E-state index in [1.807, 2.05) is 44.2 Å². The Balaban J connectivity index is 3.24. The molecule has 41 heavy (non-hydrogen) atoms. The molecule has 0 aliphatic rings. The number of aliphatic hydroxyl groups excluding tert-OH is 1. The summed E-state index contributed by atoms with van der Waals surface area (Å²) in [6, 6.07) is 7.02. The SMILES string of the molecule is CC(=O)[C@H](C)N(C)C(=O)[C@@H](CNC(=O)[C@H](CC(C)C)N(C)C(=O)[C@H](Cc1ccccc1)N(C)C(=O)C(C)C)[C@@H](C)O. The number of hydrogen-bond acceptors (Lipinski definition) is 6. The van der Waals surface area contributed by atoms with E-state index in [-0.39, 0.29) is 42.4 Å². The van der Waals surface area contributed by atoms with Gasteiger partial charge in [0.25, 0.3) is 0 Å². The van der Waals surface area contributed by atoms with E-state index in [9.17, 15) is 29.1 Å². The lowest BCUT2D eigenvalue weighted by molar-refractivity contribution is -0.149. The summed E-state index contributed by atoms with van der Waals surface area (Å²) < 4.78 is 0. The van der Waals surface area contributed by atoms with Crippen LogP contribution in [0.1, 0.15) is 60.5 Å². The first-order valence-corrected chi connectivity index (χ1v) is 14.3. The van der Waals surface area contributed by atoms with E-state index in [1.165, 1.54) is 35.6 Å². The molecule has 0 radical (unpaired) electrons. The molecule has 10 heteroatoms. The Hall–Kier alpha value is -3.27. The fourth-order valence-electron chi connectivity index (χ4n) is 4.58. The molecule has 1 rings (SSSR count). The van der Waals surface area contributed by atoms with Crippen molar-refractivity contribution < 1.29 is 29.1 Å². The topological polar surface area (TPSA) is 127 Å². The van der Waals surface area contributed by atoms with Crippen LogP contribution >= 0.6 is 0 Å². The van der Waals surface area contributed by atoms with E-state index in [4.69, 9.17) is 0 Å². The summed E-state index contributed by atoms with van der Waals surface area (Å²) in [5.74, 6) is -2.92. The lowest BCUT2D eigenvalue weighted by atomic mass is 9.97. The number of hydrogen-bond donors (Lipinski definition) is 2. The molecule has 0 bridgehead atoms. The second-order valence-corrected chi connectivity index (χ2v) is 11.7. The number of likely N-dealkylation sites (N-methyl/N-ethyl adjacent to an activating group) is 3. The van der Waals surface area contributed by atoms with Crippen LogP contribution in [0, 0.1) is 17.8 Å². The highest BCUT2D eigenvalue weighted by Gasteiger charge is 2.37. The largest absolute Gasteiger partial charge is 0.393 e. The van der Waals surface area contributed by atoms with Crippen molar-refractivity contribution in [1.29, 1.82) is 0 Å². The minimum absolute atomic E-state index is 0.0559. The van der Waals surface area contributed by atoms with E-state index >= 15 is 0 Å². The normalized spacial score (nSPS) is 15.0. The fraction of sp³-hybridized carbons (Fsp3) is 0.645. The van der Waals surface area contributed by atoms with Gasteiger partial charge in [0.05, 0.1) is 18.1 Å². The molecule has 0 aliphatic carbocycles. The average Bonchev–Trinajstić information content (AvgIpc) is 2.92. The number of carbonyl (C=O) groups is 5. The van der Waals surface area contributed by atoms with Gasteiger partial charge in [-0.15, -0.1) is 0 Å². The van der Waals surface area contributed by atoms with Crippen LogP contribution in [0.5, 0.6) is 0 Å². The quantitative estimate of drug-likeness (QED) is 0.331. The van der Waals surface area contributed by atoms with Crippen LogP contribution in [-0.2, 0) is 30.4 Å². The van der Waals surface area contributed by atoms with Crippen LogP contribution in [0.2, 0.25) is 0 Å². The Labute approximate surface area is 245 Å². The molecule has 0 aliphatic heterocycles. The minimum Gasteiger partial charge on any atom is -0.393 e. The molecular weight excluding hydrogens is 524 g/mol. The first-order chi connectivity index (χ1) is 19.0. The van der Waals surface area contributed by atoms with Crippen LogP contribution in [0.25, 0.3) is 0 Å². The zero-order valence-electron chi connectivity index (χ0n) is 26.4. The van der Waals surface area contributed by atoms with Gasteiger partial charge in [0, 0.05) is 40.0 Å². The average molecular weight is 575 g/mol. The van der Waals surface area contributed by atoms with Gasteiger partial charge < -0.3 is 25.1 Å². The molecule has 2 N–H and O–H groups in total. The predicted molar refractivity (Wildman–Crippen MR) is 159 cm³/mol. The molecule has 0 fully saturated rings. The van der Waals surface area contributed by atoms with E-state index < -0.39 is 42.0 Å². The van der Waals surface area contributed by atoms with Crippen molar-refractivity contribution in [2.45, 2.75) is 85.5 Å². The maximum atomic E-state index is 13.9. The van der Waals surface area contributed by atoms with E-state index in [0.717, 1.165) is 5.56 Å². The molecule has 0 saturated heterocycles. The van der Waals surface area contributed by atoms with Crippen LogP contribution in [0.4, 0.5) is 0 Å². The Morgan fingerprint density at radius 1 is 0.780 bits per heavy atom. The Morgan fingerprint density at radius 3 is 1.78 bits per heavy atom. The van der Waals surface area contributed by atoms with Gasteiger partial charge >= 0.3 is 0 Å². The van der Waals surface area contributed by atoms with Gasteiger partial charge in [-0.1, -0.05) is 58.0 Å². The van der Waals surface area contributed by atoms with Crippen LogP contribution in [0.3, 0.4) is 0 Å². The monoisotopic (exact) mass is 574 g/mol. The molecule has 10 nitrogen and oxygen atoms in total. The molecule has 0 saturated carbocycles. The summed E-state index contributed by atoms with van der Waals surface area (Å²) in [5.41, 5.74) is 0.884. The highest BCUT2D eigenvalue weighted by molar-refractivity contribution is 5.93. The van der Waals surface area contributed by atoms with E-state index in [1.54, 1.807) is 34.9 Å².